The van der Waals surface area contributed by atoms with E-state index in [0.29, 0.717) is 18.0 Å². The Bertz CT molecular complexity index is 424. The fourth-order valence-corrected chi connectivity index (χ4v) is 4.46. The van der Waals surface area contributed by atoms with Crippen molar-refractivity contribution >= 4 is 29.9 Å². The monoisotopic (exact) mass is 493 g/mol. The van der Waals surface area contributed by atoms with Gasteiger partial charge in [0.15, 0.2) is 5.96 Å². The standard InChI is InChI=1S/C21H43N5.HI/c1-16(2)18-7-9-19(10-8-18)24-21(22-5)23-15-20(17(3)4)26-13-11-25(6)12-14-26;/h16-20H,7-15H2,1-6H3,(H2,22,23,24);1H. The van der Waals surface area contributed by atoms with E-state index in [2.05, 4.69) is 60.2 Å². The average Bonchev–Trinajstić information content (AvgIpc) is 2.62. The number of likely N-dealkylation sites (N-methyl/N-ethyl adjacent to an activating group) is 1. The van der Waals surface area contributed by atoms with E-state index in [9.17, 15) is 0 Å². The van der Waals surface area contributed by atoms with Crippen LogP contribution in [0.3, 0.4) is 0 Å². The quantitative estimate of drug-likeness (QED) is 0.339. The Kier molecular flexibility index (Phi) is 11.5. The fourth-order valence-electron chi connectivity index (χ4n) is 4.46. The van der Waals surface area contributed by atoms with Crippen molar-refractivity contribution in [2.75, 3.05) is 46.8 Å². The summed E-state index contributed by atoms with van der Waals surface area (Å²) in [7, 11) is 4.12. The zero-order valence-electron chi connectivity index (χ0n) is 18.5. The minimum atomic E-state index is 0. The fraction of sp³-hybridized carbons (Fsp3) is 0.952. The van der Waals surface area contributed by atoms with E-state index in [-0.39, 0.29) is 24.0 Å². The zero-order valence-corrected chi connectivity index (χ0v) is 20.8. The Morgan fingerprint density at radius 1 is 1.00 bits per heavy atom. The van der Waals surface area contributed by atoms with Gasteiger partial charge in [-0.05, 0) is 50.5 Å². The van der Waals surface area contributed by atoms with E-state index in [4.69, 9.17) is 0 Å². The van der Waals surface area contributed by atoms with Gasteiger partial charge in [0.1, 0.15) is 0 Å². The van der Waals surface area contributed by atoms with Crippen LogP contribution in [0.4, 0.5) is 0 Å². The lowest BCUT2D eigenvalue weighted by Crippen LogP contribution is -2.55. The number of nitrogens with zero attached hydrogens (tertiary/aromatic N) is 3. The minimum absolute atomic E-state index is 0. The smallest absolute Gasteiger partial charge is 0.191 e. The molecule has 1 aliphatic heterocycles. The van der Waals surface area contributed by atoms with Crippen molar-refractivity contribution in [1.29, 1.82) is 0 Å². The molecule has 27 heavy (non-hydrogen) atoms. The molecule has 0 spiro atoms. The molecule has 0 aromatic carbocycles. The molecule has 0 aromatic rings. The van der Waals surface area contributed by atoms with Gasteiger partial charge >= 0.3 is 0 Å². The lowest BCUT2D eigenvalue weighted by atomic mass is 9.80. The summed E-state index contributed by atoms with van der Waals surface area (Å²) >= 11 is 0. The molecule has 1 atom stereocenters. The summed E-state index contributed by atoms with van der Waals surface area (Å²) in [4.78, 5) is 9.57. The maximum absolute atomic E-state index is 4.49. The van der Waals surface area contributed by atoms with Gasteiger partial charge in [-0.15, -0.1) is 24.0 Å². The molecule has 1 saturated carbocycles. The first kappa shape index (κ1) is 25.0. The van der Waals surface area contributed by atoms with Gasteiger partial charge in [-0.2, -0.15) is 0 Å². The third kappa shape index (κ3) is 8.05. The van der Waals surface area contributed by atoms with Crippen LogP contribution >= 0.6 is 24.0 Å². The van der Waals surface area contributed by atoms with E-state index in [0.717, 1.165) is 24.3 Å². The molecule has 2 N–H and O–H groups in total. The highest BCUT2D eigenvalue weighted by Gasteiger charge is 2.26. The Morgan fingerprint density at radius 3 is 2.07 bits per heavy atom. The summed E-state index contributed by atoms with van der Waals surface area (Å²) < 4.78 is 0. The molecule has 1 heterocycles. The molecule has 0 radical (unpaired) electrons. The first-order valence-electron chi connectivity index (χ1n) is 10.8. The van der Waals surface area contributed by atoms with Crippen molar-refractivity contribution in [3.05, 3.63) is 0 Å². The van der Waals surface area contributed by atoms with Crippen molar-refractivity contribution in [3.8, 4) is 0 Å². The maximum Gasteiger partial charge on any atom is 0.191 e. The summed E-state index contributed by atoms with van der Waals surface area (Å²) in [6, 6.07) is 1.15. The van der Waals surface area contributed by atoms with Crippen LogP contribution in [0.15, 0.2) is 4.99 Å². The SMILES string of the molecule is CN=C(NCC(C(C)C)N1CCN(C)CC1)NC1CCC(C(C)C)CC1.I. The van der Waals surface area contributed by atoms with Gasteiger partial charge in [0.2, 0.25) is 0 Å². The molecule has 2 rings (SSSR count). The van der Waals surface area contributed by atoms with E-state index < -0.39 is 0 Å². The lowest BCUT2D eigenvalue weighted by molar-refractivity contribution is 0.0899. The summed E-state index contributed by atoms with van der Waals surface area (Å²) in [5.41, 5.74) is 0. The summed E-state index contributed by atoms with van der Waals surface area (Å²) in [6.45, 7) is 15.1. The van der Waals surface area contributed by atoms with Crippen molar-refractivity contribution in [3.63, 3.8) is 0 Å². The molecule has 1 saturated heterocycles. The largest absolute Gasteiger partial charge is 0.355 e. The third-order valence-corrected chi connectivity index (χ3v) is 6.53. The van der Waals surface area contributed by atoms with Crippen LogP contribution in [0.25, 0.3) is 0 Å². The van der Waals surface area contributed by atoms with E-state index in [1.807, 2.05) is 7.05 Å². The summed E-state index contributed by atoms with van der Waals surface area (Å²) in [5, 5.41) is 7.31. The molecule has 1 unspecified atom stereocenters. The lowest BCUT2D eigenvalue weighted by Gasteiger charge is -2.40. The molecule has 2 aliphatic rings. The number of guanidine groups is 1. The van der Waals surface area contributed by atoms with Gasteiger partial charge < -0.3 is 15.5 Å². The van der Waals surface area contributed by atoms with Gasteiger partial charge in [-0.3, -0.25) is 9.89 Å². The molecule has 5 nitrogen and oxygen atoms in total. The first-order valence-corrected chi connectivity index (χ1v) is 10.8. The van der Waals surface area contributed by atoms with E-state index in [1.54, 1.807) is 0 Å². The van der Waals surface area contributed by atoms with Crippen LogP contribution < -0.4 is 10.6 Å². The molecule has 2 fully saturated rings. The Hall–Kier alpha value is -0.0800. The van der Waals surface area contributed by atoms with Crippen LogP contribution in [-0.4, -0.2) is 74.7 Å². The van der Waals surface area contributed by atoms with Crippen molar-refractivity contribution < 1.29 is 0 Å². The Morgan fingerprint density at radius 2 is 1.59 bits per heavy atom. The summed E-state index contributed by atoms with van der Waals surface area (Å²) in [5.74, 6) is 3.36. The first-order chi connectivity index (χ1) is 12.4. The number of nitrogens with one attached hydrogen (secondary N) is 2. The van der Waals surface area contributed by atoms with E-state index >= 15 is 0 Å². The van der Waals surface area contributed by atoms with Crippen LogP contribution in [0.1, 0.15) is 53.4 Å². The predicted octanol–water partition coefficient (Wildman–Crippen LogP) is 3.26. The average molecular weight is 494 g/mol. The van der Waals surface area contributed by atoms with Gasteiger partial charge in [0.05, 0.1) is 0 Å². The molecule has 0 aromatic heterocycles. The third-order valence-electron chi connectivity index (χ3n) is 6.53. The molecule has 0 amide bonds. The van der Waals surface area contributed by atoms with E-state index in [1.165, 1.54) is 51.9 Å². The van der Waals surface area contributed by atoms with Crippen LogP contribution in [0, 0.1) is 17.8 Å². The molecule has 1 aliphatic carbocycles. The number of hydrogen-bond donors (Lipinski definition) is 2. The van der Waals surface area contributed by atoms with Crippen LogP contribution in [0.2, 0.25) is 0 Å². The van der Waals surface area contributed by atoms with Crippen molar-refractivity contribution in [1.82, 2.24) is 20.4 Å². The molecular weight excluding hydrogens is 449 g/mol. The summed E-state index contributed by atoms with van der Waals surface area (Å²) in [6.07, 6.45) is 5.25. The molecule has 160 valence electrons. The van der Waals surface area contributed by atoms with Crippen molar-refractivity contribution in [2.45, 2.75) is 65.5 Å². The second kappa shape index (κ2) is 12.5. The number of rotatable bonds is 6. The van der Waals surface area contributed by atoms with Gasteiger partial charge in [0, 0.05) is 51.9 Å². The predicted molar refractivity (Wildman–Crippen MR) is 128 cm³/mol. The van der Waals surface area contributed by atoms with Gasteiger partial charge in [0.25, 0.3) is 0 Å². The molecule has 0 bridgehead atoms. The number of halogens is 1. The van der Waals surface area contributed by atoms with Gasteiger partial charge in [-0.25, -0.2) is 0 Å². The highest BCUT2D eigenvalue weighted by molar-refractivity contribution is 14.0. The topological polar surface area (TPSA) is 42.9 Å². The Labute approximate surface area is 185 Å². The highest BCUT2D eigenvalue weighted by atomic mass is 127. The molecule has 6 heteroatoms. The highest BCUT2D eigenvalue weighted by Crippen LogP contribution is 2.29. The van der Waals surface area contributed by atoms with Crippen LogP contribution in [-0.2, 0) is 0 Å². The number of aliphatic imine (C=N–C) groups is 1. The molecular formula is C21H44IN5. The number of piperazine rings is 1. The van der Waals surface area contributed by atoms with Crippen LogP contribution in [0.5, 0.6) is 0 Å². The zero-order chi connectivity index (χ0) is 19.1. The Balaban J connectivity index is 0.00000364. The second-order valence-corrected chi connectivity index (χ2v) is 9.10. The number of hydrogen-bond acceptors (Lipinski definition) is 3. The maximum atomic E-state index is 4.49. The van der Waals surface area contributed by atoms with Gasteiger partial charge in [-0.1, -0.05) is 27.7 Å². The van der Waals surface area contributed by atoms with Crippen molar-refractivity contribution in [2.24, 2.45) is 22.7 Å². The second-order valence-electron chi connectivity index (χ2n) is 9.10. The minimum Gasteiger partial charge on any atom is -0.355 e. The normalized spacial score (nSPS) is 26.7.